The molecular weight excluding hydrogens is 758 g/mol. The van der Waals surface area contributed by atoms with Gasteiger partial charge in [-0.1, -0.05) is 31.5 Å². The van der Waals surface area contributed by atoms with Crippen LogP contribution in [-0.4, -0.2) is 80.3 Å². The summed E-state index contributed by atoms with van der Waals surface area (Å²) in [6, 6.07) is 19.4. The first-order valence-electron chi connectivity index (χ1n) is 19.4. The first-order valence-corrected chi connectivity index (χ1v) is 22.3. The molecule has 0 bridgehead atoms. The van der Waals surface area contributed by atoms with Gasteiger partial charge in [0, 0.05) is 78.5 Å². The van der Waals surface area contributed by atoms with Gasteiger partial charge >= 0.3 is 0 Å². The Morgan fingerprint density at radius 1 is 0.982 bits per heavy atom. The van der Waals surface area contributed by atoms with Crippen molar-refractivity contribution in [1.29, 1.82) is 0 Å². The quantitative estimate of drug-likeness (QED) is 0.0513. The Labute approximate surface area is 334 Å². The van der Waals surface area contributed by atoms with Gasteiger partial charge in [-0.25, -0.2) is 13.1 Å². The van der Waals surface area contributed by atoms with Crippen LogP contribution in [0, 0.1) is 33.8 Å². The highest BCUT2D eigenvalue weighted by atomic mass is 35.5. The normalized spacial score (nSPS) is 24.1. The molecule has 14 heteroatoms. The number of rotatable bonds is 15. The number of piperazine rings is 1. The summed E-state index contributed by atoms with van der Waals surface area (Å²) in [5, 5.41) is 15.4. The number of thioether (sulfide) groups is 1. The number of aldehydes is 1. The molecule has 2 unspecified atom stereocenters. The molecule has 0 aromatic heterocycles. The maximum atomic E-state index is 13.3. The van der Waals surface area contributed by atoms with Gasteiger partial charge in [-0.2, -0.15) is 0 Å². The number of sulfonamides is 1. The molecule has 0 spiro atoms. The number of benzene rings is 3. The Morgan fingerprint density at radius 3 is 2.36 bits per heavy atom. The number of nitro groups is 1. The molecule has 1 amide bonds. The van der Waals surface area contributed by atoms with Gasteiger partial charge in [-0.05, 0) is 111 Å². The molecule has 1 heterocycles. The highest BCUT2D eigenvalue weighted by Crippen LogP contribution is 2.44. The van der Waals surface area contributed by atoms with Crippen LogP contribution in [0.5, 0.6) is 0 Å². The summed E-state index contributed by atoms with van der Waals surface area (Å²) in [5.74, 6) is 2.74. The summed E-state index contributed by atoms with van der Waals surface area (Å²) in [6.07, 6.45) is 9.65. The summed E-state index contributed by atoms with van der Waals surface area (Å²) in [4.78, 5) is 41.3. The first-order chi connectivity index (χ1) is 26.5. The Balaban J connectivity index is 1.03. The third kappa shape index (κ3) is 11.0. The van der Waals surface area contributed by atoms with Crippen molar-refractivity contribution in [3.63, 3.8) is 0 Å². The predicted molar refractivity (Wildman–Crippen MR) is 220 cm³/mol. The largest absolute Gasteiger partial charge is 0.375 e. The van der Waals surface area contributed by atoms with Gasteiger partial charge in [-0.15, -0.1) is 23.4 Å². The minimum absolute atomic E-state index is 0.0739. The summed E-state index contributed by atoms with van der Waals surface area (Å²) < 4.78 is 28.6. The Morgan fingerprint density at radius 2 is 1.69 bits per heavy atom. The standard InChI is InChI=1S/C41H52ClN5O6S2/c1-29-7-17-38(30-8-12-33(42)13-9-30)32(25-29)27-45-20-22-46(23-21-45)35-14-10-31(11-15-35)41(49)44-55(52,53)37-16-18-39(40(26-37)47(50)51)43-34(19-24-48)28-54-36-5-3-2-4-6-36/h2-6,10-11,14-16,18,24,26,29-30,32-34,38,43H,7-9,12-13,17,19-23,25,27-28H2,1H3,(H,44,49)/t29-,30?,32?,33?,34-,38?/m1/s1. The predicted octanol–water partition coefficient (Wildman–Crippen LogP) is 7.85. The zero-order valence-corrected chi connectivity index (χ0v) is 33.7. The fourth-order valence-corrected chi connectivity index (χ4v) is 10.8. The lowest BCUT2D eigenvalue weighted by atomic mass is 9.65. The number of carbonyl (C=O) groups is 2. The van der Waals surface area contributed by atoms with Crippen LogP contribution >= 0.6 is 23.4 Å². The van der Waals surface area contributed by atoms with E-state index >= 15 is 0 Å². The summed E-state index contributed by atoms with van der Waals surface area (Å²) >= 11 is 7.93. The zero-order chi connectivity index (χ0) is 39.0. The number of anilines is 2. The zero-order valence-electron chi connectivity index (χ0n) is 31.4. The lowest BCUT2D eigenvalue weighted by Crippen LogP contribution is -2.49. The molecule has 6 rings (SSSR count). The van der Waals surface area contributed by atoms with E-state index in [0.717, 1.165) is 92.2 Å². The van der Waals surface area contributed by atoms with Gasteiger partial charge < -0.3 is 15.0 Å². The molecule has 0 radical (unpaired) electrons. The second kappa shape index (κ2) is 19.0. The number of amides is 1. The number of halogens is 1. The van der Waals surface area contributed by atoms with E-state index in [9.17, 15) is 28.1 Å². The van der Waals surface area contributed by atoms with Gasteiger partial charge in [0.1, 0.15) is 12.0 Å². The Hall–Kier alpha value is -3.65. The molecule has 1 aliphatic heterocycles. The van der Waals surface area contributed by atoms with E-state index in [0.29, 0.717) is 11.1 Å². The molecule has 4 atom stereocenters. The van der Waals surface area contributed by atoms with Crippen LogP contribution < -0.4 is 14.9 Å². The summed E-state index contributed by atoms with van der Waals surface area (Å²) in [7, 11) is -4.45. The average molecular weight is 810 g/mol. The highest BCUT2D eigenvalue weighted by molar-refractivity contribution is 7.99. The number of nitrogens with zero attached hydrogens (tertiary/aromatic N) is 3. The van der Waals surface area contributed by atoms with E-state index in [-0.39, 0.29) is 17.7 Å². The van der Waals surface area contributed by atoms with Crippen LogP contribution in [0.15, 0.2) is 82.6 Å². The number of hydrogen-bond acceptors (Lipinski definition) is 10. The van der Waals surface area contributed by atoms with E-state index in [1.165, 1.54) is 56.0 Å². The topological polar surface area (TPSA) is 142 Å². The maximum Gasteiger partial charge on any atom is 0.293 e. The number of nitrogens with one attached hydrogen (secondary N) is 2. The molecule has 1 saturated heterocycles. The molecule has 3 aliphatic rings. The first kappa shape index (κ1) is 41.0. The Kier molecular flexibility index (Phi) is 14.2. The van der Waals surface area contributed by atoms with Crippen molar-refractivity contribution in [2.45, 2.75) is 79.5 Å². The third-order valence-electron chi connectivity index (χ3n) is 11.6. The highest BCUT2D eigenvalue weighted by Gasteiger charge is 2.37. The van der Waals surface area contributed by atoms with Crippen molar-refractivity contribution in [2.75, 3.05) is 48.7 Å². The van der Waals surface area contributed by atoms with E-state index in [2.05, 4.69) is 26.8 Å². The molecular formula is C41H52ClN5O6S2. The SMILES string of the molecule is C[C@@H]1CCC(C2CCC(Cl)CC2)C(CN2CCN(c3ccc(C(=O)NS(=O)(=O)c4ccc(N[C@H](CC=O)CSc5ccccc5)c([N+](=O)[O-])c4)cc3)CC2)C1. The average Bonchev–Trinajstić information content (AvgIpc) is 3.18. The van der Waals surface area contributed by atoms with E-state index in [1.54, 1.807) is 12.1 Å². The van der Waals surface area contributed by atoms with Crippen molar-refractivity contribution >= 4 is 62.6 Å². The third-order valence-corrected chi connectivity index (χ3v) is 14.5. The van der Waals surface area contributed by atoms with Crippen LogP contribution in [0.2, 0.25) is 0 Å². The van der Waals surface area contributed by atoms with Gasteiger partial charge in [0.2, 0.25) is 0 Å². The van der Waals surface area contributed by atoms with Gasteiger partial charge in [0.05, 0.1) is 9.82 Å². The minimum atomic E-state index is -4.45. The molecule has 3 fully saturated rings. The van der Waals surface area contributed by atoms with E-state index in [1.807, 2.05) is 42.5 Å². The molecule has 11 nitrogen and oxygen atoms in total. The number of hydrogen-bond donors (Lipinski definition) is 2. The van der Waals surface area contributed by atoms with Crippen LogP contribution in [0.25, 0.3) is 0 Å². The second-order valence-corrected chi connectivity index (χ2v) is 18.8. The minimum Gasteiger partial charge on any atom is -0.375 e. The van der Waals surface area contributed by atoms with Crippen molar-refractivity contribution in [1.82, 2.24) is 9.62 Å². The lowest BCUT2D eigenvalue weighted by molar-refractivity contribution is -0.384. The van der Waals surface area contributed by atoms with Gasteiger partial charge in [-0.3, -0.25) is 19.8 Å². The molecule has 2 saturated carbocycles. The molecule has 55 heavy (non-hydrogen) atoms. The second-order valence-electron chi connectivity index (χ2n) is 15.4. The van der Waals surface area contributed by atoms with Crippen molar-refractivity contribution in [3.8, 4) is 0 Å². The number of alkyl halides is 1. The fourth-order valence-electron chi connectivity index (χ4n) is 8.61. The fraction of sp³-hybridized carbons (Fsp3) is 0.512. The van der Waals surface area contributed by atoms with Crippen LogP contribution in [0.1, 0.15) is 68.6 Å². The smallest absolute Gasteiger partial charge is 0.293 e. The van der Waals surface area contributed by atoms with E-state index < -0.39 is 37.5 Å². The monoisotopic (exact) mass is 809 g/mol. The van der Waals surface area contributed by atoms with E-state index in [4.69, 9.17) is 11.6 Å². The molecule has 3 aromatic rings. The van der Waals surface area contributed by atoms with Crippen LogP contribution in [0.4, 0.5) is 17.1 Å². The van der Waals surface area contributed by atoms with Gasteiger partial charge in [0.25, 0.3) is 21.6 Å². The van der Waals surface area contributed by atoms with Crippen molar-refractivity contribution in [3.05, 3.63) is 88.5 Å². The molecule has 2 N–H and O–H groups in total. The lowest BCUT2D eigenvalue weighted by Gasteiger charge is -2.45. The molecule has 2 aliphatic carbocycles. The molecule has 3 aromatic carbocycles. The van der Waals surface area contributed by atoms with Gasteiger partial charge in [0.15, 0.2) is 0 Å². The maximum absolute atomic E-state index is 13.3. The van der Waals surface area contributed by atoms with Crippen LogP contribution in [0.3, 0.4) is 0 Å². The number of carbonyl (C=O) groups excluding carboxylic acids is 2. The van der Waals surface area contributed by atoms with Crippen molar-refractivity contribution < 1.29 is 22.9 Å². The molecule has 296 valence electrons. The summed E-state index contributed by atoms with van der Waals surface area (Å²) in [6.45, 7) is 7.23. The summed E-state index contributed by atoms with van der Waals surface area (Å²) in [5.41, 5.74) is 0.717. The van der Waals surface area contributed by atoms with Crippen LogP contribution in [-0.2, 0) is 14.8 Å². The number of nitro benzene ring substituents is 1. The van der Waals surface area contributed by atoms with Crippen molar-refractivity contribution in [2.24, 2.45) is 23.7 Å². The Bertz CT molecular complexity index is 1870.